The highest BCUT2D eigenvalue weighted by atomic mass is 35.5. The summed E-state index contributed by atoms with van der Waals surface area (Å²) < 4.78 is 0. The summed E-state index contributed by atoms with van der Waals surface area (Å²) >= 11 is 13.5. The molecular weight excluding hydrogens is 393 g/mol. The first kappa shape index (κ1) is 19.1. The number of benzene rings is 1. The summed E-state index contributed by atoms with van der Waals surface area (Å²) in [5.41, 5.74) is 1.47. The number of carbonyl (C=O) groups excluding carboxylic acids is 2. The lowest BCUT2D eigenvalue weighted by Crippen LogP contribution is -2.36. The Morgan fingerprint density at radius 2 is 2.15 bits per heavy atom. The summed E-state index contributed by atoms with van der Waals surface area (Å²) in [7, 11) is 0. The van der Waals surface area contributed by atoms with Crippen molar-refractivity contribution in [3.05, 3.63) is 44.3 Å². The second-order valence-electron chi connectivity index (χ2n) is 6.48. The third-order valence-electron chi connectivity index (χ3n) is 4.24. The number of amides is 2. The molecule has 5 nitrogen and oxygen atoms in total. The molecule has 0 bridgehead atoms. The zero-order valence-electron chi connectivity index (χ0n) is 14.5. The number of rotatable bonds is 5. The van der Waals surface area contributed by atoms with Crippen molar-refractivity contribution < 1.29 is 9.59 Å². The number of hydrogen-bond donors (Lipinski definition) is 1. The number of nitrogens with zero attached hydrogens (tertiary/aromatic N) is 2. The van der Waals surface area contributed by atoms with Gasteiger partial charge in [-0.1, -0.05) is 37.0 Å². The van der Waals surface area contributed by atoms with Crippen molar-refractivity contribution in [3.8, 4) is 0 Å². The third kappa shape index (κ3) is 4.03. The average Bonchev–Trinajstić information content (AvgIpc) is 3.22. The molecule has 0 spiro atoms. The molecule has 138 valence electrons. The molecule has 1 aliphatic rings. The molecule has 1 unspecified atom stereocenters. The topological polar surface area (TPSA) is 62.3 Å². The van der Waals surface area contributed by atoms with Gasteiger partial charge in [0.05, 0.1) is 27.3 Å². The highest BCUT2D eigenvalue weighted by Gasteiger charge is 2.37. The summed E-state index contributed by atoms with van der Waals surface area (Å²) in [5, 5.41) is 6.62. The maximum atomic E-state index is 12.6. The van der Waals surface area contributed by atoms with Crippen LogP contribution in [0.3, 0.4) is 0 Å². The Hall–Kier alpha value is -1.63. The van der Waals surface area contributed by atoms with E-state index in [0.717, 1.165) is 10.7 Å². The van der Waals surface area contributed by atoms with Crippen molar-refractivity contribution >= 4 is 52.0 Å². The fourth-order valence-electron chi connectivity index (χ4n) is 2.80. The van der Waals surface area contributed by atoms with Gasteiger partial charge >= 0.3 is 0 Å². The number of hydrogen-bond acceptors (Lipinski definition) is 4. The molecule has 26 heavy (non-hydrogen) atoms. The molecule has 2 amide bonds. The maximum absolute atomic E-state index is 12.6. The molecule has 1 aromatic heterocycles. The summed E-state index contributed by atoms with van der Waals surface area (Å²) in [4.78, 5) is 31.1. The summed E-state index contributed by atoms with van der Waals surface area (Å²) in [6.45, 7) is 4.97. The number of carbonyl (C=O) groups is 2. The second-order valence-corrected chi connectivity index (χ2v) is 8.18. The lowest BCUT2D eigenvalue weighted by molar-refractivity contribution is -0.132. The Bertz CT molecular complexity index is 838. The first-order valence-electron chi connectivity index (χ1n) is 8.35. The monoisotopic (exact) mass is 411 g/mol. The van der Waals surface area contributed by atoms with Crippen LogP contribution in [-0.4, -0.2) is 23.3 Å². The molecule has 1 aromatic carbocycles. The van der Waals surface area contributed by atoms with E-state index >= 15 is 0 Å². The molecule has 1 atom stereocenters. The number of halogens is 2. The number of anilines is 1. The molecule has 1 saturated heterocycles. The molecule has 1 N–H and O–H groups in total. The molecule has 2 aromatic rings. The van der Waals surface area contributed by atoms with E-state index in [4.69, 9.17) is 23.2 Å². The van der Waals surface area contributed by atoms with Crippen LogP contribution in [-0.2, 0) is 16.1 Å². The average molecular weight is 412 g/mol. The molecule has 1 fully saturated rings. The van der Waals surface area contributed by atoms with Gasteiger partial charge in [0.25, 0.3) is 0 Å². The fourth-order valence-corrected chi connectivity index (χ4v) is 3.93. The van der Waals surface area contributed by atoms with Gasteiger partial charge in [-0.2, -0.15) is 0 Å². The second kappa shape index (κ2) is 7.94. The zero-order valence-corrected chi connectivity index (χ0v) is 16.8. The quantitative estimate of drug-likeness (QED) is 0.748. The maximum Gasteiger partial charge on any atom is 0.239 e. The standard InChI is InChI=1S/C18H19Cl2N3O2S/c1-10(2)17-22-11(9-26-17)8-21-16(24)13-5-6-23(18(13)25)12-3-4-14(19)15(20)7-12/h3-4,7,9-10,13H,5-6,8H2,1-2H3,(H,21,24). The highest BCUT2D eigenvalue weighted by Crippen LogP contribution is 2.31. The van der Waals surface area contributed by atoms with Crippen molar-refractivity contribution in [2.24, 2.45) is 5.92 Å². The molecule has 0 saturated carbocycles. The van der Waals surface area contributed by atoms with Crippen LogP contribution in [0.1, 0.15) is 36.9 Å². The van der Waals surface area contributed by atoms with Crippen LogP contribution in [0.5, 0.6) is 0 Å². The fraction of sp³-hybridized carbons (Fsp3) is 0.389. The van der Waals surface area contributed by atoms with Crippen LogP contribution in [0.2, 0.25) is 10.0 Å². The Balaban J connectivity index is 1.61. The molecule has 0 radical (unpaired) electrons. The summed E-state index contributed by atoms with van der Waals surface area (Å²) in [5.74, 6) is -0.813. The van der Waals surface area contributed by atoms with Gasteiger partial charge in [-0.15, -0.1) is 11.3 Å². The van der Waals surface area contributed by atoms with Gasteiger partial charge < -0.3 is 10.2 Å². The van der Waals surface area contributed by atoms with Gasteiger partial charge in [-0.25, -0.2) is 4.98 Å². The van der Waals surface area contributed by atoms with Gasteiger partial charge in [0.1, 0.15) is 5.92 Å². The van der Waals surface area contributed by atoms with Gasteiger partial charge in [0.15, 0.2) is 0 Å². The molecule has 0 aliphatic carbocycles. The summed E-state index contributed by atoms with van der Waals surface area (Å²) in [6.07, 6.45) is 0.471. The smallest absolute Gasteiger partial charge is 0.239 e. The van der Waals surface area contributed by atoms with Gasteiger partial charge in [-0.3, -0.25) is 9.59 Å². The Kier molecular flexibility index (Phi) is 5.85. The van der Waals surface area contributed by atoms with Crippen molar-refractivity contribution in [3.63, 3.8) is 0 Å². The van der Waals surface area contributed by atoms with E-state index in [1.54, 1.807) is 34.4 Å². The van der Waals surface area contributed by atoms with Crippen LogP contribution in [0, 0.1) is 5.92 Å². The third-order valence-corrected chi connectivity index (χ3v) is 6.18. The van der Waals surface area contributed by atoms with Crippen molar-refractivity contribution in [1.82, 2.24) is 10.3 Å². The zero-order chi connectivity index (χ0) is 18.8. The summed E-state index contributed by atoms with van der Waals surface area (Å²) in [6, 6.07) is 5.02. The Morgan fingerprint density at radius 1 is 1.38 bits per heavy atom. The lowest BCUT2D eigenvalue weighted by Gasteiger charge is -2.17. The van der Waals surface area contributed by atoms with Gasteiger partial charge in [0.2, 0.25) is 11.8 Å². The van der Waals surface area contributed by atoms with E-state index in [-0.39, 0.29) is 11.8 Å². The van der Waals surface area contributed by atoms with Crippen LogP contribution >= 0.6 is 34.5 Å². The van der Waals surface area contributed by atoms with E-state index in [1.807, 2.05) is 5.38 Å². The SMILES string of the molecule is CC(C)c1nc(CNC(=O)C2CCN(c3ccc(Cl)c(Cl)c3)C2=O)cs1. The van der Waals surface area contributed by atoms with Crippen LogP contribution < -0.4 is 10.2 Å². The molecule has 1 aliphatic heterocycles. The Labute approximate surface area is 166 Å². The van der Waals surface area contributed by atoms with Crippen LogP contribution in [0.4, 0.5) is 5.69 Å². The first-order valence-corrected chi connectivity index (χ1v) is 9.99. The van der Waals surface area contributed by atoms with Crippen molar-refractivity contribution in [2.45, 2.75) is 32.7 Å². The largest absolute Gasteiger partial charge is 0.350 e. The predicted octanol–water partition coefficient (Wildman–Crippen LogP) is 4.24. The normalized spacial score (nSPS) is 17.2. The van der Waals surface area contributed by atoms with E-state index in [1.165, 1.54) is 0 Å². The van der Waals surface area contributed by atoms with Gasteiger partial charge in [-0.05, 0) is 24.6 Å². The van der Waals surface area contributed by atoms with Crippen LogP contribution in [0.15, 0.2) is 23.6 Å². The van der Waals surface area contributed by atoms with E-state index in [9.17, 15) is 9.59 Å². The van der Waals surface area contributed by atoms with E-state index in [0.29, 0.717) is 41.2 Å². The van der Waals surface area contributed by atoms with Crippen LogP contribution in [0.25, 0.3) is 0 Å². The number of thiazole rings is 1. The predicted molar refractivity (Wildman–Crippen MR) is 105 cm³/mol. The highest BCUT2D eigenvalue weighted by molar-refractivity contribution is 7.09. The van der Waals surface area contributed by atoms with E-state index < -0.39 is 5.92 Å². The number of nitrogens with one attached hydrogen (secondary N) is 1. The van der Waals surface area contributed by atoms with Gasteiger partial charge in [0, 0.05) is 23.5 Å². The number of aromatic nitrogens is 1. The molecule has 2 heterocycles. The van der Waals surface area contributed by atoms with Crippen molar-refractivity contribution in [1.29, 1.82) is 0 Å². The molecule has 8 heteroatoms. The lowest BCUT2D eigenvalue weighted by atomic mass is 10.1. The molecule has 3 rings (SSSR count). The first-order chi connectivity index (χ1) is 12.4. The Morgan fingerprint density at radius 3 is 2.81 bits per heavy atom. The van der Waals surface area contributed by atoms with Crippen molar-refractivity contribution in [2.75, 3.05) is 11.4 Å². The minimum atomic E-state index is -0.687. The minimum Gasteiger partial charge on any atom is -0.350 e. The van der Waals surface area contributed by atoms with E-state index in [2.05, 4.69) is 24.1 Å². The minimum absolute atomic E-state index is 0.220. The molecular formula is C18H19Cl2N3O2S.